The average molecular weight is 362 g/mol. The number of carbonyl (C=O) groups is 3. The summed E-state index contributed by atoms with van der Waals surface area (Å²) >= 11 is 0. The molecule has 0 aromatic rings. The topological polar surface area (TPSA) is 93.1 Å². The van der Waals surface area contributed by atoms with Crippen LogP contribution in [0.2, 0.25) is 18.1 Å². The largest absolute Gasteiger partial charge is 0.481 e. The summed E-state index contributed by atoms with van der Waals surface area (Å²) in [5.74, 6) is -1.05. The third-order valence-electron chi connectivity index (χ3n) is 3.83. The van der Waals surface area contributed by atoms with Crippen LogP contribution >= 0.6 is 0 Å². The predicted octanol–water partition coefficient (Wildman–Crippen LogP) is 3.25. The van der Waals surface area contributed by atoms with E-state index < -0.39 is 32.1 Å². The Balaban J connectivity index is 5.22. The van der Waals surface area contributed by atoms with Gasteiger partial charge in [-0.1, -0.05) is 20.8 Å². The van der Waals surface area contributed by atoms with Crippen LogP contribution in [-0.4, -0.2) is 55.0 Å². The molecule has 0 aliphatic carbocycles. The van der Waals surface area contributed by atoms with E-state index in [0.717, 1.165) is 4.90 Å². The summed E-state index contributed by atoms with van der Waals surface area (Å²) in [6.07, 6.45) is -1.54. The molecule has 1 atom stereocenters. The van der Waals surface area contributed by atoms with Gasteiger partial charge in [0.05, 0.1) is 19.1 Å². The highest BCUT2D eigenvalue weighted by Gasteiger charge is 2.40. The van der Waals surface area contributed by atoms with E-state index in [0.29, 0.717) is 6.41 Å². The second-order valence-corrected chi connectivity index (χ2v) is 13.1. The minimum atomic E-state index is -2.25. The molecule has 0 radical (unpaired) electrons. The quantitative estimate of drug-likeness (QED) is 0.553. The first-order valence-electron chi connectivity index (χ1n) is 7.93. The number of imide groups is 1. The van der Waals surface area contributed by atoms with Crippen LogP contribution in [0.5, 0.6) is 0 Å². The molecule has 0 fully saturated rings. The monoisotopic (exact) mass is 361 g/mol. The van der Waals surface area contributed by atoms with E-state index in [1.54, 1.807) is 20.8 Å². The molecule has 0 aromatic carbocycles. The van der Waals surface area contributed by atoms with Crippen molar-refractivity contribution in [3.8, 4) is 0 Å². The Morgan fingerprint density at radius 1 is 1.17 bits per heavy atom. The minimum absolute atomic E-state index is 0.123. The van der Waals surface area contributed by atoms with Crippen molar-refractivity contribution < 1.29 is 28.7 Å². The zero-order valence-electron chi connectivity index (χ0n) is 16.0. The van der Waals surface area contributed by atoms with E-state index in [1.807, 2.05) is 33.9 Å². The lowest BCUT2D eigenvalue weighted by Gasteiger charge is -2.39. The van der Waals surface area contributed by atoms with Crippen LogP contribution in [-0.2, 0) is 18.8 Å². The fourth-order valence-corrected chi connectivity index (χ4v) is 2.98. The number of carboxylic acids is 1. The first-order chi connectivity index (χ1) is 10.6. The predicted molar refractivity (Wildman–Crippen MR) is 93.3 cm³/mol. The number of nitrogens with zero attached hydrogens (tertiary/aromatic N) is 1. The van der Waals surface area contributed by atoms with Crippen LogP contribution in [0.4, 0.5) is 4.79 Å². The first-order valence-corrected chi connectivity index (χ1v) is 10.8. The molecule has 2 amide bonds. The van der Waals surface area contributed by atoms with Gasteiger partial charge in [0.1, 0.15) is 5.60 Å². The molecule has 0 rings (SSSR count). The van der Waals surface area contributed by atoms with E-state index in [2.05, 4.69) is 0 Å². The van der Waals surface area contributed by atoms with E-state index in [9.17, 15) is 14.4 Å². The van der Waals surface area contributed by atoms with Crippen molar-refractivity contribution >= 4 is 26.8 Å². The summed E-state index contributed by atoms with van der Waals surface area (Å²) in [5, 5.41) is 8.98. The van der Waals surface area contributed by atoms with Crippen LogP contribution < -0.4 is 0 Å². The molecule has 0 aliphatic rings. The number of amides is 2. The van der Waals surface area contributed by atoms with Gasteiger partial charge in [-0.25, -0.2) is 9.69 Å². The molecule has 0 aliphatic heterocycles. The van der Waals surface area contributed by atoms with Crippen LogP contribution in [0, 0.1) is 0 Å². The van der Waals surface area contributed by atoms with Crippen LogP contribution in [0.1, 0.15) is 48.0 Å². The Hall–Kier alpha value is -1.41. The molecule has 0 unspecified atom stereocenters. The van der Waals surface area contributed by atoms with Crippen molar-refractivity contribution in [2.45, 2.75) is 77.8 Å². The Labute approximate surface area is 145 Å². The van der Waals surface area contributed by atoms with Crippen LogP contribution in [0.25, 0.3) is 0 Å². The van der Waals surface area contributed by atoms with Gasteiger partial charge < -0.3 is 14.3 Å². The molecule has 8 heteroatoms. The summed E-state index contributed by atoms with van der Waals surface area (Å²) in [6.45, 7) is 15.0. The number of aliphatic carboxylic acids is 1. The molecule has 24 heavy (non-hydrogen) atoms. The number of rotatable bonds is 7. The number of ether oxygens (including phenoxy) is 1. The normalized spacial score (nSPS) is 14.0. The molecular weight excluding hydrogens is 330 g/mol. The second kappa shape index (κ2) is 8.11. The van der Waals surface area contributed by atoms with E-state index in [-0.39, 0.29) is 18.0 Å². The fraction of sp³-hybridized carbons (Fsp3) is 0.812. The molecule has 1 N–H and O–H groups in total. The van der Waals surface area contributed by atoms with Crippen molar-refractivity contribution in [1.82, 2.24) is 4.90 Å². The average Bonchev–Trinajstić information content (AvgIpc) is 2.30. The van der Waals surface area contributed by atoms with Crippen molar-refractivity contribution in [2.24, 2.45) is 0 Å². The summed E-state index contributed by atoms with van der Waals surface area (Å²) < 4.78 is 11.2. The molecule has 0 heterocycles. The van der Waals surface area contributed by atoms with Crippen molar-refractivity contribution in [1.29, 1.82) is 0 Å². The summed E-state index contributed by atoms with van der Waals surface area (Å²) in [6, 6.07) is 0. The Bertz CT molecular complexity index is 464. The number of carboxylic acid groups (broad SMARTS) is 1. The van der Waals surface area contributed by atoms with Gasteiger partial charge in [-0.15, -0.1) is 0 Å². The summed E-state index contributed by atoms with van der Waals surface area (Å²) in [7, 11) is -2.25. The standard InChI is InChI=1S/C16H31NO6Si/c1-15(2,3)22-14(21)17(11-18)10-12(9-13(19)20)23-24(7,8)16(4,5)6/h11-12H,9-10H2,1-8H3,(H,19,20)/t12-/m1/s1. The van der Waals surface area contributed by atoms with Gasteiger partial charge in [0.2, 0.25) is 6.41 Å². The van der Waals surface area contributed by atoms with E-state index in [4.69, 9.17) is 14.3 Å². The molecule has 0 saturated heterocycles. The minimum Gasteiger partial charge on any atom is -0.481 e. The Morgan fingerprint density at radius 2 is 1.67 bits per heavy atom. The fourth-order valence-electron chi connectivity index (χ4n) is 1.63. The van der Waals surface area contributed by atoms with Crippen molar-refractivity contribution in [2.75, 3.05) is 6.54 Å². The highest BCUT2D eigenvalue weighted by molar-refractivity contribution is 6.74. The number of hydrogen-bond acceptors (Lipinski definition) is 5. The van der Waals surface area contributed by atoms with E-state index in [1.165, 1.54) is 0 Å². The molecule has 0 bridgehead atoms. The summed E-state index contributed by atoms with van der Waals surface area (Å²) in [4.78, 5) is 35.3. The highest BCUT2D eigenvalue weighted by atomic mass is 28.4. The highest BCUT2D eigenvalue weighted by Crippen LogP contribution is 2.37. The molecular formula is C16H31NO6Si. The van der Waals surface area contributed by atoms with Gasteiger partial charge in [0.15, 0.2) is 8.32 Å². The van der Waals surface area contributed by atoms with E-state index >= 15 is 0 Å². The lowest BCUT2D eigenvalue weighted by Crippen LogP contribution is -2.49. The Morgan fingerprint density at radius 3 is 2.00 bits per heavy atom. The van der Waals surface area contributed by atoms with Gasteiger partial charge in [-0.3, -0.25) is 9.59 Å². The molecule has 0 aromatic heterocycles. The van der Waals surface area contributed by atoms with Gasteiger partial charge in [0, 0.05) is 0 Å². The second-order valence-electron chi connectivity index (χ2n) is 8.34. The molecule has 7 nitrogen and oxygen atoms in total. The summed E-state index contributed by atoms with van der Waals surface area (Å²) in [5.41, 5.74) is -0.749. The zero-order chi connectivity index (χ0) is 19.3. The zero-order valence-corrected chi connectivity index (χ0v) is 17.0. The maximum atomic E-state index is 12.1. The SMILES string of the molecule is CC(C)(C)OC(=O)N(C=O)C[C@@H](CC(=O)O)O[Si](C)(C)C(C)(C)C. The Kier molecular flexibility index (Phi) is 7.63. The molecule has 140 valence electrons. The van der Waals surface area contributed by atoms with Crippen LogP contribution in [0.15, 0.2) is 0 Å². The third-order valence-corrected chi connectivity index (χ3v) is 8.36. The molecule has 0 spiro atoms. The van der Waals surface area contributed by atoms with Gasteiger partial charge in [-0.05, 0) is 38.9 Å². The first kappa shape index (κ1) is 22.6. The lowest BCUT2D eigenvalue weighted by molar-refractivity contribution is -0.139. The van der Waals surface area contributed by atoms with Gasteiger partial charge in [0.25, 0.3) is 0 Å². The lowest BCUT2D eigenvalue weighted by atomic mass is 10.2. The van der Waals surface area contributed by atoms with Crippen LogP contribution in [0.3, 0.4) is 0 Å². The maximum Gasteiger partial charge on any atom is 0.416 e. The number of carbonyl (C=O) groups excluding carboxylic acids is 2. The smallest absolute Gasteiger partial charge is 0.416 e. The molecule has 0 saturated carbocycles. The third kappa shape index (κ3) is 7.92. The van der Waals surface area contributed by atoms with Gasteiger partial charge in [-0.2, -0.15) is 0 Å². The maximum absolute atomic E-state index is 12.1. The number of hydrogen-bond donors (Lipinski definition) is 1. The van der Waals surface area contributed by atoms with Crippen molar-refractivity contribution in [3.05, 3.63) is 0 Å². The van der Waals surface area contributed by atoms with Crippen molar-refractivity contribution in [3.63, 3.8) is 0 Å². The van der Waals surface area contributed by atoms with Gasteiger partial charge >= 0.3 is 12.1 Å².